The predicted molar refractivity (Wildman–Crippen MR) is 97.0 cm³/mol. The molecule has 0 aliphatic carbocycles. The Morgan fingerprint density at radius 2 is 1.81 bits per heavy atom. The molecule has 2 saturated heterocycles. The molecule has 3 heterocycles. The highest BCUT2D eigenvalue weighted by atomic mass is 16.5. The summed E-state index contributed by atoms with van der Waals surface area (Å²) in [6.45, 7) is 3.41. The fourth-order valence-corrected chi connectivity index (χ4v) is 3.78. The lowest BCUT2D eigenvalue weighted by molar-refractivity contribution is -0.142. The van der Waals surface area contributed by atoms with E-state index in [1.54, 1.807) is 21.9 Å². The zero-order valence-electron chi connectivity index (χ0n) is 15.8. The van der Waals surface area contributed by atoms with E-state index >= 15 is 0 Å². The van der Waals surface area contributed by atoms with Gasteiger partial charge in [-0.2, -0.15) is 0 Å². The number of carbonyl (C=O) groups excluding carboxylic acids is 3. The molecule has 0 radical (unpaired) electrons. The lowest BCUT2D eigenvalue weighted by Crippen LogP contribution is -2.48. The van der Waals surface area contributed by atoms with Crippen molar-refractivity contribution in [3.8, 4) is 0 Å². The van der Waals surface area contributed by atoms with Crippen molar-refractivity contribution in [2.75, 3.05) is 53.0 Å². The molecule has 0 spiro atoms. The number of ether oxygens (including phenoxy) is 1. The van der Waals surface area contributed by atoms with Gasteiger partial charge in [-0.3, -0.25) is 14.4 Å². The van der Waals surface area contributed by atoms with E-state index in [2.05, 4.69) is 0 Å². The van der Waals surface area contributed by atoms with Gasteiger partial charge in [-0.25, -0.2) is 0 Å². The first-order valence-electron chi connectivity index (χ1n) is 9.48. The van der Waals surface area contributed by atoms with E-state index in [1.165, 1.54) is 13.4 Å². The third kappa shape index (κ3) is 4.68. The van der Waals surface area contributed by atoms with Crippen LogP contribution in [0.5, 0.6) is 0 Å². The molecule has 2 aliphatic rings. The molecular weight excluding hydrogens is 350 g/mol. The van der Waals surface area contributed by atoms with Crippen LogP contribution in [-0.4, -0.2) is 85.4 Å². The minimum absolute atomic E-state index is 0.0501. The predicted octanol–water partition coefficient (Wildman–Crippen LogP) is 0.839. The van der Waals surface area contributed by atoms with E-state index in [0.29, 0.717) is 45.0 Å². The van der Waals surface area contributed by atoms with Crippen molar-refractivity contribution in [3.63, 3.8) is 0 Å². The van der Waals surface area contributed by atoms with E-state index < -0.39 is 0 Å². The SMILES string of the molecule is COCC(=O)N1CCCC(C(=O)N2CCCN(C(=O)c3ccco3)CC2)C1. The zero-order chi connectivity index (χ0) is 19.2. The van der Waals surface area contributed by atoms with Gasteiger partial charge >= 0.3 is 0 Å². The number of piperidine rings is 1. The fourth-order valence-electron chi connectivity index (χ4n) is 3.78. The van der Waals surface area contributed by atoms with Gasteiger partial charge in [-0.1, -0.05) is 0 Å². The van der Waals surface area contributed by atoms with Crippen LogP contribution in [0.1, 0.15) is 29.8 Å². The smallest absolute Gasteiger partial charge is 0.289 e. The van der Waals surface area contributed by atoms with Crippen LogP contribution >= 0.6 is 0 Å². The number of furan rings is 1. The summed E-state index contributed by atoms with van der Waals surface area (Å²) in [6.07, 6.45) is 3.84. The molecule has 0 N–H and O–H groups in total. The van der Waals surface area contributed by atoms with E-state index in [0.717, 1.165) is 19.3 Å². The zero-order valence-corrected chi connectivity index (χ0v) is 15.8. The second-order valence-electron chi connectivity index (χ2n) is 7.06. The van der Waals surface area contributed by atoms with Crippen LogP contribution in [0.2, 0.25) is 0 Å². The van der Waals surface area contributed by atoms with Gasteiger partial charge in [0.05, 0.1) is 12.2 Å². The van der Waals surface area contributed by atoms with Gasteiger partial charge in [-0.05, 0) is 31.4 Å². The van der Waals surface area contributed by atoms with Crippen LogP contribution in [0, 0.1) is 5.92 Å². The molecule has 1 aromatic rings. The van der Waals surface area contributed by atoms with Crippen molar-refractivity contribution in [2.45, 2.75) is 19.3 Å². The Bertz CT molecular complexity index is 660. The minimum Gasteiger partial charge on any atom is -0.459 e. The molecule has 3 rings (SSSR count). The second-order valence-corrected chi connectivity index (χ2v) is 7.06. The minimum atomic E-state index is -0.174. The van der Waals surface area contributed by atoms with Crippen molar-refractivity contribution >= 4 is 17.7 Å². The Morgan fingerprint density at radius 1 is 1.07 bits per heavy atom. The Labute approximate surface area is 159 Å². The van der Waals surface area contributed by atoms with Crippen LogP contribution in [0.4, 0.5) is 0 Å². The molecule has 8 heteroatoms. The van der Waals surface area contributed by atoms with Gasteiger partial charge in [-0.15, -0.1) is 0 Å². The standard InChI is InChI=1S/C19H27N3O5/c1-26-14-17(23)22-7-2-5-15(13-22)18(24)20-8-4-9-21(11-10-20)19(25)16-6-3-12-27-16/h3,6,12,15H,2,4-5,7-11,13-14H2,1H3. The van der Waals surface area contributed by atoms with Crippen LogP contribution in [0.25, 0.3) is 0 Å². The third-order valence-corrected chi connectivity index (χ3v) is 5.22. The summed E-state index contributed by atoms with van der Waals surface area (Å²) in [7, 11) is 1.50. The molecule has 0 bridgehead atoms. The number of hydrogen-bond acceptors (Lipinski definition) is 5. The van der Waals surface area contributed by atoms with Crippen LogP contribution in [0.3, 0.4) is 0 Å². The molecule has 27 heavy (non-hydrogen) atoms. The second kappa shape index (κ2) is 9.03. The fraction of sp³-hybridized carbons (Fsp3) is 0.632. The van der Waals surface area contributed by atoms with E-state index in [9.17, 15) is 14.4 Å². The highest BCUT2D eigenvalue weighted by molar-refractivity contribution is 5.91. The van der Waals surface area contributed by atoms with Crippen LogP contribution in [0.15, 0.2) is 22.8 Å². The van der Waals surface area contributed by atoms with Gasteiger partial charge < -0.3 is 23.9 Å². The first-order valence-corrected chi connectivity index (χ1v) is 9.48. The quantitative estimate of drug-likeness (QED) is 0.776. The summed E-state index contributed by atoms with van der Waals surface area (Å²) in [5, 5.41) is 0. The molecule has 1 aromatic heterocycles. The Balaban J connectivity index is 1.56. The number of likely N-dealkylation sites (tertiary alicyclic amines) is 1. The maximum atomic E-state index is 13.0. The Kier molecular flexibility index (Phi) is 6.49. The monoisotopic (exact) mass is 377 g/mol. The van der Waals surface area contributed by atoms with Crippen LogP contribution in [-0.2, 0) is 14.3 Å². The molecule has 1 atom stereocenters. The summed E-state index contributed by atoms with van der Waals surface area (Å²) in [5.74, 6) is 0.0304. The summed E-state index contributed by atoms with van der Waals surface area (Å²) in [4.78, 5) is 42.8. The summed E-state index contributed by atoms with van der Waals surface area (Å²) < 4.78 is 10.1. The first kappa shape index (κ1) is 19.4. The number of nitrogens with zero attached hydrogens (tertiary/aromatic N) is 3. The topological polar surface area (TPSA) is 83.3 Å². The molecule has 8 nitrogen and oxygen atoms in total. The number of methoxy groups -OCH3 is 1. The third-order valence-electron chi connectivity index (χ3n) is 5.22. The van der Waals surface area contributed by atoms with Crippen LogP contribution < -0.4 is 0 Å². The van der Waals surface area contributed by atoms with Crippen molar-refractivity contribution in [3.05, 3.63) is 24.2 Å². The van der Waals surface area contributed by atoms with Gasteiger partial charge in [0.25, 0.3) is 5.91 Å². The molecule has 2 fully saturated rings. The van der Waals surface area contributed by atoms with Gasteiger partial charge in [0.15, 0.2) is 5.76 Å². The maximum Gasteiger partial charge on any atom is 0.289 e. The average molecular weight is 377 g/mol. The lowest BCUT2D eigenvalue weighted by Gasteiger charge is -2.34. The highest BCUT2D eigenvalue weighted by Gasteiger charge is 2.32. The number of rotatable bonds is 4. The average Bonchev–Trinajstić information content (AvgIpc) is 3.12. The summed E-state index contributed by atoms with van der Waals surface area (Å²) >= 11 is 0. The van der Waals surface area contributed by atoms with E-state index in [4.69, 9.17) is 9.15 Å². The maximum absolute atomic E-state index is 13.0. The van der Waals surface area contributed by atoms with Crippen molar-refractivity contribution < 1.29 is 23.5 Å². The largest absolute Gasteiger partial charge is 0.459 e. The Hall–Kier alpha value is -2.35. The molecule has 2 aliphatic heterocycles. The van der Waals surface area contributed by atoms with Gasteiger partial charge in [0, 0.05) is 46.4 Å². The lowest BCUT2D eigenvalue weighted by atomic mass is 9.96. The van der Waals surface area contributed by atoms with Crippen molar-refractivity contribution in [1.29, 1.82) is 0 Å². The van der Waals surface area contributed by atoms with Crippen molar-refractivity contribution in [2.24, 2.45) is 5.92 Å². The number of carbonyl (C=O) groups is 3. The van der Waals surface area contributed by atoms with Gasteiger partial charge in [0.2, 0.25) is 11.8 Å². The number of amides is 3. The van der Waals surface area contributed by atoms with Crippen molar-refractivity contribution in [1.82, 2.24) is 14.7 Å². The molecule has 3 amide bonds. The van der Waals surface area contributed by atoms with E-state index in [-0.39, 0.29) is 30.2 Å². The molecule has 148 valence electrons. The van der Waals surface area contributed by atoms with Gasteiger partial charge in [0.1, 0.15) is 6.61 Å². The molecule has 0 saturated carbocycles. The first-order chi connectivity index (χ1) is 13.1. The summed E-state index contributed by atoms with van der Waals surface area (Å²) in [5.41, 5.74) is 0. The highest BCUT2D eigenvalue weighted by Crippen LogP contribution is 2.20. The number of hydrogen-bond donors (Lipinski definition) is 0. The Morgan fingerprint density at radius 3 is 2.56 bits per heavy atom. The summed E-state index contributed by atoms with van der Waals surface area (Å²) in [6, 6.07) is 3.35. The molecular formula is C19H27N3O5. The molecule has 0 aromatic carbocycles. The molecule has 1 unspecified atom stereocenters. The van der Waals surface area contributed by atoms with E-state index in [1.807, 2.05) is 4.90 Å². The normalized spacial score (nSPS) is 21.1.